The molecule has 4 heteroatoms. The van der Waals surface area contributed by atoms with Crippen molar-refractivity contribution in [1.82, 2.24) is 10.2 Å². The molecule has 0 aromatic heterocycles. The highest BCUT2D eigenvalue weighted by Gasteiger charge is 2.42. The zero-order chi connectivity index (χ0) is 14.7. The number of nitrogens with one attached hydrogen (secondary N) is 1. The maximum absolute atomic E-state index is 11.7. The summed E-state index contributed by atoms with van der Waals surface area (Å²) in [4.78, 5) is 14.1. The largest absolute Gasteiger partial charge is 0.481 e. The molecule has 3 rings (SSSR count). The highest BCUT2D eigenvalue weighted by Crippen LogP contribution is 2.41. The summed E-state index contributed by atoms with van der Waals surface area (Å²) in [5.41, 5.74) is 1.63. The molecule has 0 spiro atoms. The van der Waals surface area contributed by atoms with Crippen molar-refractivity contribution in [2.75, 3.05) is 26.2 Å². The summed E-state index contributed by atoms with van der Waals surface area (Å²) in [5.74, 6) is -0.658. The Morgan fingerprint density at radius 3 is 2.33 bits per heavy atom. The quantitative estimate of drug-likeness (QED) is 0.889. The number of carboxylic acids is 1. The molecule has 1 aliphatic carbocycles. The van der Waals surface area contributed by atoms with Gasteiger partial charge in [0.2, 0.25) is 0 Å². The molecule has 1 saturated heterocycles. The van der Waals surface area contributed by atoms with E-state index < -0.39 is 11.4 Å². The fourth-order valence-corrected chi connectivity index (χ4v) is 3.66. The minimum atomic E-state index is -0.658. The molecule has 0 unspecified atom stereocenters. The Bertz CT molecular complexity index is 486. The first-order valence-corrected chi connectivity index (χ1v) is 7.97. The van der Waals surface area contributed by atoms with Gasteiger partial charge in [-0.25, -0.2) is 0 Å². The van der Waals surface area contributed by atoms with Crippen molar-refractivity contribution in [3.63, 3.8) is 0 Å². The van der Waals surface area contributed by atoms with E-state index in [9.17, 15) is 9.90 Å². The van der Waals surface area contributed by atoms with Crippen LogP contribution in [0.1, 0.15) is 36.8 Å². The fraction of sp³-hybridized carbons (Fsp3) is 0.588. The third-order valence-electron chi connectivity index (χ3n) is 4.99. The molecule has 1 aliphatic heterocycles. The van der Waals surface area contributed by atoms with Crippen LogP contribution in [-0.2, 0) is 16.8 Å². The van der Waals surface area contributed by atoms with Gasteiger partial charge in [-0.2, -0.15) is 0 Å². The second-order valence-corrected chi connectivity index (χ2v) is 6.32. The summed E-state index contributed by atoms with van der Waals surface area (Å²) in [6.07, 6.45) is 3.60. The molecule has 1 saturated carbocycles. The van der Waals surface area contributed by atoms with E-state index in [1.807, 2.05) is 12.1 Å². The van der Waals surface area contributed by atoms with Gasteiger partial charge in [0, 0.05) is 32.7 Å². The molecule has 1 aromatic rings. The lowest BCUT2D eigenvalue weighted by Gasteiger charge is -2.28. The number of hydrogen-bond acceptors (Lipinski definition) is 3. The summed E-state index contributed by atoms with van der Waals surface area (Å²) < 4.78 is 0. The lowest BCUT2D eigenvalue weighted by Crippen LogP contribution is -2.42. The lowest BCUT2D eigenvalue weighted by molar-refractivity contribution is -0.143. The number of piperazine rings is 1. The van der Waals surface area contributed by atoms with Crippen LogP contribution >= 0.6 is 0 Å². The first-order valence-electron chi connectivity index (χ1n) is 7.97. The Morgan fingerprint density at radius 2 is 1.76 bits per heavy atom. The second-order valence-electron chi connectivity index (χ2n) is 6.32. The van der Waals surface area contributed by atoms with Crippen LogP contribution in [0.5, 0.6) is 0 Å². The molecule has 0 amide bonds. The summed E-state index contributed by atoms with van der Waals surface area (Å²) in [6.45, 7) is 5.24. The zero-order valence-electron chi connectivity index (χ0n) is 12.5. The molecule has 2 N–H and O–H groups in total. The zero-order valence-corrected chi connectivity index (χ0v) is 12.5. The number of hydrogen-bond donors (Lipinski definition) is 2. The smallest absolute Gasteiger partial charge is 0.314 e. The Labute approximate surface area is 126 Å². The second kappa shape index (κ2) is 6.16. The van der Waals surface area contributed by atoms with E-state index in [1.165, 1.54) is 5.56 Å². The van der Waals surface area contributed by atoms with Crippen LogP contribution in [0, 0.1) is 0 Å². The van der Waals surface area contributed by atoms with Crippen molar-refractivity contribution >= 4 is 5.97 Å². The Morgan fingerprint density at radius 1 is 1.14 bits per heavy atom. The van der Waals surface area contributed by atoms with Crippen LogP contribution in [0.3, 0.4) is 0 Å². The van der Waals surface area contributed by atoms with Crippen molar-refractivity contribution in [2.24, 2.45) is 0 Å². The molecule has 114 valence electrons. The Kier molecular flexibility index (Phi) is 4.27. The number of benzene rings is 1. The molecular formula is C17H24N2O2. The number of carboxylic acid groups (broad SMARTS) is 1. The average Bonchev–Trinajstić information content (AvgIpc) is 3.00. The van der Waals surface area contributed by atoms with Crippen molar-refractivity contribution in [2.45, 2.75) is 37.6 Å². The van der Waals surface area contributed by atoms with Crippen molar-refractivity contribution < 1.29 is 9.90 Å². The van der Waals surface area contributed by atoms with Crippen LogP contribution in [-0.4, -0.2) is 42.2 Å². The molecule has 2 aliphatic rings. The van der Waals surface area contributed by atoms with Crippen LogP contribution in [0.4, 0.5) is 0 Å². The van der Waals surface area contributed by atoms with Crippen LogP contribution in [0.15, 0.2) is 24.3 Å². The van der Waals surface area contributed by atoms with Gasteiger partial charge in [0.1, 0.15) is 0 Å². The molecule has 0 atom stereocenters. The van der Waals surface area contributed by atoms with Gasteiger partial charge in [-0.15, -0.1) is 0 Å². The lowest BCUT2D eigenvalue weighted by atomic mass is 9.79. The normalized spacial score (nSPS) is 22.3. The van der Waals surface area contributed by atoms with Gasteiger partial charge in [0.25, 0.3) is 0 Å². The van der Waals surface area contributed by atoms with Crippen molar-refractivity contribution in [3.05, 3.63) is 35.4 Å². The first kappa shape index (κ1) is 14.5. The van der Waals surface area contributed by atoms with Gasteiger partial charge in [0.05, 0.1) is 5.41 Å². The molecule has 4 nitrogen and oxygen atoms in total. The molecule has 0 radical (unpaired) electrons. The van der Waals surface area contributed by atoms with Gasteiger partial charge in [-0.1, -0.05) is 37.1 Å². The van der Waals surface area contributed by atoms with E-state index in [0.717, 1.165) is 64.0 Å². The van der Waals surface area contributed by atoms with Gasteiger partial charge in [0.15, 0.2) is 0 Å². The van der Waals surface area contributed by atoms with E-state index in [-0.39, 0.29) is 0 Å². The molecular weight excluding hydrogens is 264 g/mol. The van der Waals surface area contributed by atoms with Gasteiger partial charge >= 0.3 is 5.97 Å². The molecule has 2 fully saturated rings. The molecule has 1 heterocycles. The molecule has 21 heavy (non-hydrogen) atoms. The Balaban J connectivity index is 1.72. The minimum absolute atomic E-state index is 0.631. The topological polar surface area (TPSA) is 52.6 Å². The fourth-order valence-electron chi connectivity index (χ4n) is 3.66. The maximum atomic E-state index is 11.7. The number of nitrogens with zero attached hydrogens (tertiary/aromatic N) is 1. The van der Waals surface area contributed by atoms with E-state index in [2.05, 4.69) is 22.3 Å². The standard InChI is InChI=1S/C17H24N2O2/c20-16(21)17(7-1-2-8-17)15-5-3-14(4-6-15)13-19-11-9-18-10-12-19/h3-6,18H,1-2,7-13H2,(H,20,21). The third kappa shape index (κ3) is 2.97. The van der Waals surface area contributed by atoms with E-state index in [1.54, 1.807) is 0 Å². The summed E-state index contributed by atoms with van der Waals surface area (Å²) in [7, 11) is 0. The Hall–Kier alpha value is -1.39. The molecule has 1 aromatic carbocycles. The number of carbonyl (C=O) groups is 1. The van der Waals surface area contributed by atoms with Crippen molar-refractivity contribution in [1.29, 1.82) is 0 Å². The van der Waals surface area contributed by atoms with E-state index in [0.29, 0.717) is 0 Å². The van der Waals surface area contributed by atoms with Crippen molar-refractivity contribution in [3.8, 4) is 0 Å². The number of aliphatic carboxylic acids is 1. The first-order chi connectivity index (χ1) is 10.2. The summed E-state index contributed by atoms with van der Waals surface area (Å²) >= 11 is 0. The molecule has 0 bridgehead atoms. The number of rotatable bonds is 4. The van der Waals surface area contributed by atoms with Gasteiger partial charge in [-0.05, 0) is 24.0 Å². The van der Waals surface area contributed by atoms with Crippen LogP contribution < -0.4 is 5.32 Å². The third-order valence-corrected chi connectivity index (χ3v) is 4.99. The van der Waals surface area contributed by atoms with Gasteiger partial charge < -0.3 is 10.4 Å². The highest BCUT2D eigenvalue weighted by molar-refractivity contribution is 5.81. The van der Waals surface area contributed by atoms with Crippen LogP contribution in [0.25, 0.3) is 0 Å². The van der Waals surface area contributed by atoms with E-state index in [4.69, 9.17) is 0 Å². The van der Waals surface area contributed by atoms with E-state index >= 15 is 0 Å². The highest BCUT2D eigenvalue weighted by atomic mass is 16.4. The monoisotopic (exact) mass is 288 g/mol. The summed E-state index contributed by atoms with van der Waals surface area (Å²) in [5, 5.41) is 13.0. The van der Waals surface area contributed by atoms with Crippen LogP contribution in [0.2, 0.25) is 0 Å². The predicted molar refractivity (Wildman–Crippen MR) is 82.4 cm³/mol. The summed E-state index contributed by atoms with van der Waals surface area (Å²) in [6, 6.07) is 8.30. The minimum Gasteiger partial charge on any atom is -0.481 e. The SMILES string of the molecule is O=C(O)C1(c2ccc(CN3CCNCC3)cc2)CCCC1. The average molecular weight is 288 g/mol. The maximum Gasteiger partial charge on any atom is 0.314 e. The van der Waals surface area contributed by atoms with Gasteiger partial charge in [-0.3, -0.25) is 9.69 Å². The predicted octanol–water partition coefficient (Wildman–Crippen LogP) is 1.99.